The SMILES string of the molecule is O=C(Nc1ncc[nH]1)c1ccccc1C(F)(F)F. The Labute approximate surface area is 99.9 Å². The number of hydrogen-bond acceptors (Lipinski definition) is 2. The summed E-state index contributed by atoms with van der Waals surface area (Å²) in [5.74, 6) is -0.769. The largest absolute Gasteiger partial charge is 0.417 e. The van der Waals surface area contributed by atoms with Gasteiger partial charge in [-0.3, -0.25) is 10.1 Å². The molecule has 0 radical (unpaired) electrons. The van der Waals surface area contributed by atoms with Crippen LogP contribution >= 0.6 is 0 Å². The van der Waals surface area contributed by atoms with E-state index < -0.39 is 23.2 Å². The van der Waals surface area contributed by atoms with Crippen LogP contribution in [0.15, 0.2) is 36.7 Å². The molecule has 0 saturated heterocycles. The van der Waals surface area contributed by atoms with Gasteiger partial charge in [-0.25, -0.2) is 4.98 Å². The standard InChI is InChI=1S/C11H8F3N3O/c12-11(13,14)8-4-2-1-3-7(8)9(18)17-10-15-5-6-16-10/h1-6H,(H2,15,16,17,18). The first-order chi connectivity index (χ1) is 8.48. The Hall–Kier alpha value is -2.31. The number of alkyl halides is 3. The first-order valence-corrected chi connectivity index (χ1v) is 4.95. The monoisotopic (exact) mass is 255 g/mol. The highest BCUT2D eigenvalue weighted by molar-refractivity contribution is 6.04. The zero-order valence-corrected chi connectivity index (χ0v) is 8.95. The molecule has 0 spiro atoms. The van der Waals surface area contributed by atoms with E-state index >= 15 is 0 Å². The molecule has 0 bridgehead atoms. The normalized spacial score (nSPS) is 11.3. The van der Waals surface area contributed by atoms with Gasteiger partial charge in [-0.2, -0.15) is 13.2 Å². The molecular weight excluding hydrogens is 247 g/mol. The van der Waals surface area contributed by atoms with E-state index in [9.17, 15) is 18.0 Å². The lowest BCUT2D eigenvalue weighted by Gasteiger charge is -2.11. The quantitative estimate of drug-likeness (QED) is 0.866. The Kier molecular flexibility index (Phi) is 3.05. The molecule has 0 aliphatic rings. The van der Waals surface area contributed by atoms with Gasteiger partial charge < -0.3 is 4.98 Å². The Morgan fingerprint density at radius 2 is 2.00 bits per heavy atom. The summed E-state index contributed by atoms with van der Waals surface area (Å²) in [7, 11) is 0. The van der Waals surface area contributed by atoms with E-state index in [-0.39, 0.29) is 5.95 Å². The van der Waals surface area contributed by atoms with Crippen molar-refractivity contribution in [2.45, 2.75) is 6.18 Å². The van der Waals surface area contributed by atoms with Gasteiger partial charge in [0.2, 0.25) is 5.95 Å². The van der Waals surface area contributed by atoms with Crippen molar-refractivity contribution >= 4 is 11.9 Å². The molecule has 0 saturated carbocycles. The van der Waals surface area contributed by atoms with Crippen molar-refractivity contribution in [3.8, 4) is 0 Å². The van der Waals surface area contributed by atoms with E-state index in [0.717, 1.165) is 12.1 Å². The zero-order valence-electron chi connectivity index (χ0n) is 8.95. The first kappa shape index (κ1) is 12.2. The molecule has 4 nitrogen and oxygen atoms in total. The maximum atomic E-state index is 12.7. The minimum atomic E-state index is -4.57. The summed E-state index contributed by atoms with van der Waals surface area (Å²) in [6.07, 6.45) is -1.74. The predicted octanol–water partition coefficient (Wildman–Crippen LogP) is 2.68. The number of H-pyrrole nitrogens is 1. The van der Waals surface area contributed by atoms with Crippen molar-refractivity contribution in [2.24, 2.45) is 0 Å². The number of imidazole rings is 1. The summed E-state index contributed by atoms with van der Waals surface area (Å²) in [5, 5.41) is 2.25. The van der Waals surface area contributed by atoms with Crippen LogP contribution in [-0.4, -0.2) is 15.9 Å². The van der Waals surface area contributed by atoms with Crippen LogP contribution in [0.5, 0.6) is 0 Å². The molecule has 2 aromatic rings. The third-order valence-electron chi connectivity index (χ3n) is 2.21. The molecule has 0 unspecified atom stereocenters. The maximum Gasteiger partial charge on any atom is 0.417 e. The van der Waals surface area contributed by atoms with Crippen LogP contribution < -0.4 is 5.32 Å². The Morgan fingerprint density at radius 3 is 2.61 bits per heavy atom. The van der Waals surface area contributed by atoms with Gasteiger partial charge in [-0.15, -0.1) is 0 Å². The lowest BCUT2D eigenvalue weighted by molar-refractivity contribution is -0.137. The van der Waals surface area contributed by atoms with Crippen LogP contribution in [0, 0.1) is 0 Å². The van der Waals surface area contributed by atoms with Gasteiger partial charge in [-0.1, -0.05) is 12.1 Å². The third-order valence-corrected chi connectivity index (χ3v) is 2.21. The zero-order chi connectivity index (χ0) is 13.2. The van der Waals surface area contributed by atoms with Crippen molar-refractivity contribution < 1.29 is 18.0 Å². The molecule has 1 aromatic heterocycles. The highest BCUT2D eigenvalue weighted by Gasteiger charge is 2.34. The molecule has 7 heteroatoms. The van der Waals surface area contributed by atoms with Crippen LogP contribution in [-0.2, 0) is 6.18 Å². The van der Waals surface area contributed by atoms with Crippen molar-refractivity contribution in [1.29, 1.82) is 0 Å². The Balaban J connectivity index is 2.31. The molecule has 2 rings (SSSR count). The fourth-order valence-corrected chi connectivity index (χ4v) is 1.44. The van der Waals surface area contributed by atoms with E-state index in [1.165, 1.54) is 24.5 Å². The number of carbonyl (C=O) groups is 1. The molecule has 18 heavy (non-hydrogen) atoms. The second-order valence-electron chi connectivity index (χ2n) is 3.44. The molecule has 0 fully saturated rings. The number of nitrogens with one attached hydrogen (secondary N) is 2. The fourth-order valence-electron chi connectivity index (χ4n) is 1.44. The number of benzene rings is 1. The van der Waals surface area contributed by atoms with Gasteiger partial charge in [0.15, 0.2) is 0 Å². The molecule has 0 aliphatic carbocycles. The fraction of sp³-hybridized carbons (Fsp3) is 0.0909. The lowest BCUT2D eigenvalue weighted by atomic mass is 10.1. The molecule has 0 aliphatic heterocycles. The second-order valence-corrected chi connectivity index (χ2v) is 3.44. The number of carbonyl (C=O) groups excluding carboxylic acids is 1. The van der Waals surface area contributed by atoms with Gasteiger partial charge in [0.05, 0.1) is 11.1 Å². The van der Waals surface area contributed by atoms with Crippen molar-refractivity contribution in [2.75, 3.05) is 5.32 Å². The first-order valence-electron chi connectivity index (χ1n) is 4.95. The second kappa shape index (κ2) is 4.52. The van der Waals surface area contributed by atoms with Crippen LogP contribution in [0.4, 0.5) is 19.1 Å². The van der Waals surface area contributed by atoms with E-state index in [2.05, 4.69) is 15.3 Å². The van der Waals surface area contributed by atoms with Gasteiger partial charge in [0, 0.05) is 12.4 Å². The van der Waals surface area contributed by atoms with Gasteiger partial charge in [0.25, 0.3) is 5.91 Å². The Morgan fingerprint density at radius 1 is 1.28 bits per heavy atom. The minimum Gasteiger partial charge on any atom is -0.331 e. The van der Waals surface area contributed by atoms with Crippen molar-refractivity contribution in [3.05, 3.63) is 47.8 Å². The predicted molar refractivity (Wildman–Crippen MR) is 58.0 cm³/mol. The molecule has 0 atom stereocenters. The van der Waals surface area contributed by atoms with Crippen molar-refractivity contribution in [1.82, 2.24) is 9.97 Å². The number of aromatic amines is 1. The van der Waals surface area contributed by atoms with Crippen LogP contribution in [0.1, 0.15) is 15.9 Å². The van der Waals surface area contributed by atoms with E-state index in [1.807, 2.05) is 0 Å². The van der Waals surface area contributed by atoms with E-state index in [4.69, 9.17) is 0 Å². The van der Waals surface area contributed by atoms with E-state index in [1.54, 1.807) is 0 Å². The number of amides is 1. The number of nitrogens with zero attached hydrogens (tertiary/aromatic N) is 1. The average molecular weight is 255 g/mol. The molecular formula is C11H8F3N3O. The summed E-state index contributed by atoms with van der Waals surface area (Å²) >= 11 is 0. The number of halogens is 3. The number of hydrogen-bond donors (Lipinski definition) is 2. The van der Waals surface area contributed by atoms with Crippen molar-refractivity contribution in [3.63, 3.8) is 0 Å². The molecule has 1 amide bonds. The molecule has 1 heterocycles. The summed E-state index contributed by atoms with van der Waals surface area (Å²) in [6, 6.07) is 4.57. The summed E-state index contributed by atoms with van der Waals surface area (Å²) in [4.78, 5) is 18.0. The number of rotatable bonds is 2. The maximum absolute atomic E-state index is 12.7. The smallest absolute Gasteiger partial charge is 0.331 e. The lowest BCUT2D eigenvalue weighted by Crippen LogP contribution is -2.19. The molecule has 1 aromatic carbocycles. The van der Waals surface area contributed by atoms with Gasteiger partial charge >= 0.3 is 6.18 Å². The highest BCUT2D eigenvalue weighted by Crippen LogP contribution is 2.31. The van der Waals surface area contributed by atoms with E-state index in [0.29, 0.717) is 0 Å². The average Bonchev–Trinajstić information content (AvgIpc) is 2.80. The van der Waals surface area contributed by atoms with Crippen LogP contribution in [0.2, 0.25) is 0 Å². The summed E-state index contributed by atoms with van der Waals surface area (Å²) in [6.45, 7) is 0. The summed E-state index contributed by atoms with van der Waals surface area (Å²) < 4.78 is 38.1. The van der Waals surface area contributed by atoms with Gasteiger partial charge in [-0.05, 0) is 12.1 Å². The molecule has 2 N–H and O–H groups in total. The van der Waals surface area contributed by atoms with Gasteiger partial charge in [0.1, 0.15) is 0 Å². The molecule has 94 valence electrons. The Bertz CT molecular complexity index is 549. The number of aromatic nitrogens is 2. The number of anilines is 1. The van der Waals surface area contributed by atoms with Crippen LogP contribution in [0.25, 0.3) is 0 Å². The summed E-state index contributed by atoms with van der Waals surface area (Å²) in [5.41, 5.74) is -1.42. The third kappa shape index (κ3) is 2.50. The topological polar surface area (TPSA) is 57.8 Å². The van der Waals surface area contributed by atoms with Crippen LogP contribution in [0.3, 0.4) is 0 Å². The minimum absolute atomic E-state index is 0.0944. The highest BCUT2D eigenvalue weighted by atomic mass is 19.4.